The van der Waals surface area contributed by atoms with Crippen molar-refractivity contribution in [1.82, 2.24) is 19.9 Å². The first-order valence-electron chi connectivity index (χ1n) is 6.79. The number of H-pyrrole nitrogens is 2. The number of thioether (sulfide) groups is 1. The molecule has 7 heteroatoms. The number of aromatic amines is 2. The maximum Gasteiger partial charge on any atom is 0.249 e. The molecule has 0 aromatic carbocycles. The third-order valence-electron chi connectivity index (χ3n) is 3.45. The normalized spacial score (nSPS) is 11.0. The van der Waals surface area contributed by atoms with E-state index in [0.717, 1.165) is 33.2 Å². The van der Waals surface area contributed by atoms with Crippen molar-refractivity contribution in [3.63, 3.8) is 0 Å². The summed E-state index contributed by atoms with van der Waals surface area (Å²) in [7, 11) is 1.67. The largest absolute Gasteiger partial charge is 0.496 e. The van der Waals surface area contributed by atoms with Gasteiger partial charge in [-0.1, -0.05) is 11.8 Å². The van der Waals surface area contributed by atoms with Gasteiger partial charge in [0.1, 0.15) is 5.75 Å². The second-order valence-corrected chi connectivity index (χ2v) is 5.93. The van der Waals surface area contributed by atoms with Crippen molar-refractivity contribution in [2.24, 2.45) is 0 Å². The first-order valence-corrected chi connectivity index (χ1v) is 7.78. The topological polar surface area (TPSA) is 83.7 Å². The SMILES string of the molecule is COc1c(C)cnc(CSc2nc3[nH]c(=O)ccc3[nH]2)c1C. The molecule has 114 valence electrons. The number of aromatic nitrogens is 4. The van der Waals surface area contributed by atoms with E-state index in [1.54, 1.807) is 13.2 Å². The number of hydrogen-bond acceptors (Lipinski definition) is 5. The van der Waals surface area contributed by atoms with Crippen LogP contribution in [0.25, 0.3) is 11.2 Å². The molecule has 0 fully saturated rings. The van der Waals surface area contributed by atoms with Crippen molar-refractivity contribution < 1.29 is 4.74 Å². The molecule has 0 spiro atoms. The lowest BCUT2D eigenvalue weighted by Gasteiger charge is -2.11. The Bertz CT molecular complexity index is 885. The van der Waals surface area contributed by atoms with Gasteiger partial charge in [0.25, 0.3) is 0 Å². The minimum Gasteiger partial charge on any atom is -0.496 e. The van der Waals surface area contributed by atoms with Crippen molar-refractivity contribution in [3.05, 3.63) is 45.5 Å². The zero-order valence-corrected chi connectivity index (χ0v) is 13.4. The van der Waals surface area contributed by atoms with Crippen LogP contribution in [0.1, 0.15) is 16.8 Å². The highest BCUT2D eigenvalue weighted by Crippen LogP contribution is 2.28. The van der Waals surface area contributed by atoms with E-state index < -0.39 is 0 Å². The first-order chi connectivity index (χ1) is 10.6. The predicted molar refractivity (Wildman–Crippen MR) is 86.5 cm³/mol. The lowest BCUT2D eigenvalue weighted by molar-refractivity contribution is 0.407. The second kappa shape index (κ2) is 5.84. The fourth-order valence-electron chi connectivity index (χ4n) is 2.32. The molecule has 3 heterocycles. The number of methoxy groups -OCH3 is 1. The molecule has 22 heavy (non-hydrogen) atoms. The Morgan fingerprint density at radius 3 is 2.86 bits per heavy atom. The highest BCUT2D eigenvalue weighted by atomic mass is 32.2. The second-order valence-electron chi connectivity index (χ2n) is 4.96. The summed E-state index contributed by atoms with van der Waals surface area (Å²) in [6.07, 6.45) is 1.82. The number of hydrogen-bond donors (Lipinski definition) is 2. The monoisotopic (exact) mass is 316 g/mol. The van der Waals surface area contributed by atoms with E-state index in [2.05, 4.69) is 19.9 Å². The quantitative estimate of drug-likeness (QED) is 0.723. The third kappa shape index (κ3) is 2.71. The molecule has 0 saturated carbocycles. The molecule has 6 nitrogen and oxygen atoms in total. The molecule has 0 unspecified atom stereocenters. The van der Waals surface area contributed by atoms with Gasteiger partial charge in [-0.2, -0.15) is 0 Å². The minimum atomic E-state index is -0.156. The van der Waals surface area contributed by atoms with Gasteiger partial charge in [-0.05, 0) is 19.9 Å². The summed E-state index contributed by atoms with van der Waals surface area (Å²) < 4.78 is 5.42. The van der Waals surface area contributed by atoms with Gasteiger partial charge in [-0.15, -0.1) is 0 Å². The van der Waals surface area contributed by atoms with Crippen LogP contribution in [0.3, 0.4) is 0 Å². The van der Waals surface area contributed by atoms with Gasteiger partial charge in [0.05, 0.1) is 18.3 Å². The smallest absolute Gasteiger partial charge is 0.249 e. The number of fused-ring (bicyclic) bond motifs is 1. The Labute approximate surface area is 131 Å². The van der Waals surface area contributed by atoms with Crippen molar-refractivity contribution in [2.45, 2.75) is 24.8 Å². The van der Waals surface area contributed by atoms with E-state index in [4.69, 9.17) is 4.74 Å². The molecular formula is C15H16N4O2S. The Morgan fingerprint density at radius 1 is 1.27 bits per heavy atom. The van der Waals surface area contributed by atoms with Gasteiger partial charge in [-0.25, -0.2) is 4.98 Å². The van der Waals surface area contributed by atoms with E-state index in [-0.39, 0.29) is 5.56 Å². The Balaban J connectivity index is 1.83. The minimum absolute atomic E-state index is 0.156. The maximum atomic E-state index is 11.3. The number of pyridine rings is 2. The molecular weight excluding hydrogens is 300 g/mol. The average molecular weight is 316 g/mol. The summed E-state index contributed by atoms with van der Waals surface area (Å²) in [4.78, 5) is 26.0. The standard InChI is InChI=1S/C15H16N4O2S/c1-8-6-16-11(9(2)13(8)21-3)7-22-15-17-10-4-5-12(20)18-14(10)19-15/h4-6H,7H2,1-3H3,(H2,17,18,19,20). The Hall–Kier alpha value is -2.28. The Kier molecular flexibility index (Phi) is 3.89. The highest BCUT2D eigenvalue weighted by molar-refractivity contribution is 7.98. The number of rotatable bonds is 4. The first kappa shape index (κ1) is 14.6. The molecule has 3 rings (SSSR count). The predicted octanol–water partition coefficient (Wildman–Crippen LogP) is 2.56. The fraction of sp³-hybridized carbons (Fsp3) is 0.267. The summed E-state index contributed by atoms with van der Waals surface area (Å²) in [5.74, 6) is 1.55. The van der Waals surface area contributed by atoms with Crippen LogP contribution >= 0.6 is 11.8 Å². The summed E-state index contributed by atoms with van der Waals surface area (Å²) in [5, 5.41) is 0.748. The van der Waals surface area contributed by atoms with E-state index in [1.165, 1.54) is 17.8 Å². The lowest BCUT2D eigenvalue weighted by Crippen LogP contribution is -2.01. The van der Waals surface area contributed by atoms with E-state index >= 15 is 0 Å². The lowest BCUT2D eigenvalue weighted by atomic mass is 10.1. The molecule has 0 aliphatic heterocycles. The number of nitrogens with one attached hydrogen (secondary N) is 2. The van der Waals surface area contributed by atoms with Crippen LogP contribution in [0.5, 0.6) is 5.75 Å². The summed E-state index contributed by atoms with van der Waals surface area (Å²) in [5.41, 5.74) is 4.25. The van der Waals surface area contributed by atoms with Crippen molar-refractivity contribution >= 4 is 22.9 Å². The van der Waals surface area contributed by atoms with Crippen LogP contribution in [-0.4, -0.2) is 27.0 Å². The molecule has 2 N–H and O–H groups in total. The van der Waals surface area contributed by atoms with Crippen LogP contribution < -0.4 is 10.3 Å². The van der Waals surface area contributed by atoms with E-state index in [0.29, 0.717) is 11.4 Å². The van der Waals surface area contributed by atoms with Crippen LogP contribution in [0.4, 0.5) is 0 Å². The zero-order valence-electron chi connectivity index (χ0n) is 12.6. The van der Waals surface area contributed by atoms with E-state index in [1.807, 2.05) is 20.0 Å². The van der Waals surface area contributed by atoms with Gasteiger partial charge < -0.3 is 14.7 Å². The molecule has 0 aliphatic rings. The zero-order chi connectivity index (χ0) is 15.7. The van der Waals surface area contributed by atoms with E-state index in [9.17, 15) is 4.79 Å². The highest BCUT2D eigenvalue weighted by Gasteiger charge is 2.11. The molecule has 0 saturated heterocycles. The van der Waals surface area contributed by atoms with Gasteiger partial charge in [0.2, 0.25) is 5.56 Å². The third-order valence-corrected chi connectivity index (χ3v) is 4.33. The molecule has 0 amide bonds. The molecule has 0 aliphatic carbocycles. The van der Waals surface area contributed by atoms with Crippen molar-refractivity contribution in [1.29, 1.82) is 0 Å². The van der Waals surface area contributed by atoms with Gasteiger partial charge in [-0.3, -0.25) is 9.78 Å². The summed E-state index contributed by atoms with van der Waals surface area (Å²) >= 11 is 1.54. The maximum absolute atomic E-state index is 11.3. The molecule has 3 aromatic rings. The van der Waals surface area contributed by atoms with Crippen LogP contribution in [0.2, 0.25) is 0 Å². The molecule has 0 bridgehead atoms. The van der Waals surface area contributed by atoms with Crippen molar-refractivity contribution in [2.75, 3.05) is 7.11 Å². The number of ether oxygens (including phenoxy) is 1. The number of imidazole rings is 1. The van der Waals surface area contributed by atoms with Crippen LogP contribution in [0, 0.1) is 13.8 Å². The number of nitrogens with zero attached hydrogens (tertiary/aromatic N) is 2. The van der Waals surface area contributed by atoms with Crippen molar-refractivity contribution in [3.8, 4) is 5.75 Å². The average Bonchev–Trinajstić information content (AvgIpc) is 2.89. The van der Waals surface area contributed by atoms with Gasteiger partial charge in [0, 0.05) is 29.1 Å². The summed E-state index contributed by atoms with van der Waals surface area (Å²) in [6, 6.07) is 3.20. The van der Waals surface area contributed by atoms with Crippen LogP contribution in [-0.2, 0) is 5.75 Å². The molecule has 0 radical (unpaired) electrons. The summed E-state index contributed by atoms with van der Waals surface area (Å²) in [6.45, 7) is 3.98. The fourth-order valence-corrected chi connectivity index (χ4v) is 3.22. The van der Waals surface area contributed by atoms with Gasteiger partial charge >= 0.3 is 0 Å². The molecule has 3 aromatic heterocycles. The Morgan fingerprint density at radius 2 is 2.09 bits per heavy atom. The van der Waals surface area contributed by atoms with Crippen LogP contribution in [0.15, 0.2) is 28.3 Å². The van der Waals surface area contributed by atoms with Gasteiger partial charge in [0.15, 0.2) is 10.8 Å². The molecule has 0 atom stereocenters. The number of aryl methyl sites for hydroxylation is 1.